The zero-order valence-electron chi connectivity index (χ0n) is 20.1. The van der Waals surface area contributed by atoms with E-state index in [1.54, 1.807) is 18.2 Å². The molecule has 0 aliphatic carbocycles. The van der Waals surface area contributed by atoms with Crippen LogP contribution in [0.3, 0.4) is 0 Å². The summed E-state index contributed by atoms with van der Waals surface area (Å²) in [6.45, 7) is 0.622. The van der Waals surface area contributed by atoms with Gasteiger partial charge in [-0.15, -0.1) is 11.3 Å². The van der Waals surface area contributed by atoms with Crippen molar-refractivity contribution in [1.29, 1.82) is 0 Å². The number of halogens is 1. The molecule has 204 valence electrons. The Kier molecular flexibility index (Phi) is 7.26. The second-order valence-electron chi connectivity index (χ2n) is 9.07. The van der Waals surface area contributed by atoms with E-state index in [1.807, 2.05) is 4.72 Å². The van der Waals surface area contributed by atoms with Gasteiger partial charge in [-0.2, -0.15) is 4.31 Å². The summed E-state index contributed by atoms with van der Waals surface area (Å²) in [4.78, 5) is 35.6. The molecular weight excluding hydrogens is 578 g/mol. The molecule has 2 aromatic heterocycles. The predicted molar refractivity (Wildman–Crippen MR) is 140 cm³/mol. The van der Waals surface area contributed by atoms with Gasteiger partial charge < -0.3 is 14.6 Å². The van der Waals surface area contributed by atoms with Gasteiger partial charge in [0.15, 0.2) is 5.01 Å². The molecule has 2 aliphatic heterocycles. The Balaban J connectivity index is 1.42. The molecule has 1 unspecified atom stereocenters. The average Bonchev–Trinajstić information content (AvgIpc) is 3.46. The monoisotopic (exact) mass is 601 g/mol. The average molecular weight is 602 g/mol. The number of aromatic amines is 1. The molecule has 3 aromatic rings. The van der Waals surface area contributed by atoms with Crippen LogP contribution in [-0.4, -0.2) is 86.4 Å². The van der Waals surface area contributed by atoms with Crippen LogP contribution in [-0.2, 0) is 42.6 Å². The van der Waals surface area contributed by atoms with Gasteiger partial charge in [0.25, 0.3) is 15.9 Å². The van der Waals surface area contributed by atoms with Crippen LogP contribution in [0.15, 0.2) is 29.3 Å². The second-order valence-corrected chi connectivity index (χ2v) is 14.2. The van der Waals surface area contributed by atoms with E-state index in [0.717, 1.165) is 16.8 Å². The maximum atomic E-state index is 13.5. The fourth-order valence-electron chi connectivity index (χ4n) is 4.54. The van der Waals surface area contributed by atoms with Crippen molar-refractivity contribution < 1.29 is 31.2 Å². The molecular formula is C22H24ClN5O7S3. The van der Waals surface area contributed by atoms with Crippen LogP contribution in [0.2, 0.25) is 5.02 Å². The predicted octanol–water partition coefficient (Wildman–Crippen LogP) is 1.33. The molecule has 2 aliphatic rings. The zero-order valence-corrected chi connectivity index (χ0v) is 23.3. The minimum Gasteiger partial charge on any atom is -0.375 e. The van der Waals surface area contributed by atoms with Crippen molar-refractivity contribution in [1.82, 2.24) is 23.9 Å². The number of carbonyl (C=O) groups excluding carboxylic acids is 2. The molecule has 5 rings (SSSR count). The van der Waals surface area contributed by atoms with Gasteiger partial charge in [0, 0.05) is 48.4 Å². The Bertz CT molecular complexity index is 1610. The third-order valence-corrected chi connectivity index (χ3v) is 9.96. The number of rotatable bonds is 6. The highest BCUT2D eigenvalue weighted by atomic mass is 35.5. The van der Waals surface area contributed by atoms with E-state index >= 15 is 0 Å². The molecule has 2 amide bonds. The highest BCUT2D eigenvalue weighted by Gasteiger charge is 2.39. The van der Waals surface area contributed by atoms with Crippen LogP contribution in [0.25, 0.3) is 10.9 Å². The standard InChI is InChI=1S/C22H24ClN5O7S3/c1-37(31,32)26-19(29)10-15-11-27(38(33,34)20-9-13-8-14(23)2-3-16(13)24-20)5-6-28(15)22(30)21-25-17-4-7-35-12-18(17)36-21/h2-3,8-9,15,24H,4-7,10-12H2,1H3,(H,26,29). The number of nitrogens with one attached hydrogen (secondary N) is 2. The Morgan fingerprint density at radius 3 is 2.76 bits per heavy atom. The number of hydrogen-bond donors (Lipinski definition) is 2. The van der Waals surface area contributed by atoms with Crippen LogP contribution in [0, 0.1) is 0 Å². The molecule has 2 N–H and O–H groups in total. The molecule has 12 nitrogen and oxygen atoms in total. The Morgan fingerprint density at radius 1 is 1.24 bits per heavy atom. The van der Waals surface area contributed by atoms with Gasteiger partial charge in [-0.25, -0.2) is 21.8 Å². The summed E-state index contributed by atoms with van der Waals surface area (Å²) in [5.41, 5.74) is 1.37. The summed E-state index contributed by atoms with van der Waals surface area (Å²) >= 11 is 7.23. The number of H-pyrrole nitrogens is 1. The number of thiazole rings is 1. The molecule has 16 heteroatoms. The van der Waals surface area contributed by atoms with E-state index in [0.29, 0.717) is 35.6 Å². The van der Waals surface area contributed by atoms with Crippen molar-refractivity contribution in [3.05, 3.63) is 44.9 Å². The van der Waals surface area contributed by atoms with E-state index in [4.69, 9.17) is 16.3 Å². The Morgan fingerprint density at radius 2 is 2.03 bits per heavy atom. The third kappa shape index (κ3) is 5.58. The second kappa shape index (κ2) is 10.2. The van der Waals surface area contributed by atoms with E-state index < -0.39 is 44.3 Å². The molecule has 1 saturated heterocycles. The number of sulfonamides is 2. The SMILES string of the molecule is CS(=O)(=O)NC(=O)CC1CN(S(=O)(=O)c2cc3cc(Cl)ccc3[nH]2)CCN1C(=O)c1nc2c(s1)COCC2. The highest BCUT2D eigenvalue weighted by molar-refractivity contribution is 7.89. The van der Waals surface area contributed by atoms with Crippen molar-refractivity contribution in [2.24, 2.45) is 0 Å². The van der Waals surface area contributed by atoms with Crippen molar-refractivity contribution in [2.75, 3.05) is 32.5 Å². The quantitative estimate of drug-likeness (QED) is 0.428. The number of nitrogens with zero attached hydrogens (tertiary/aromatic N) is 3. The van der Waals surface area contributed by atoms with E-state index in [1.165, 1.54) is 26.6 Å². The number of fused-ring (bicyclic) bond motifs is 2. The van der Waals surface area contributed by atoms with Crippen LogP contribution in [0.4, 0.5) is 0 Å². The molecule has 1 atom stereocenters. The smallest absolute Gasteiger partial charge is 0.283 e. The number of aromatic nitrogens is 2. The molecule has 1 aromatic carbocycles. The van der Waals surface area contributed by atoms with Gasteiger partial charge in [0.05, 0.1) is 36.1 Å². The summed E-state index contributed by atoms with van der Waals surface area (Å²) in [5.74, 6) is -1.29. The van der Waals surface area contributed by atoms with Crippen molar-refractivity contribution in [3.63, 3.8) is 0 Å². The maximum absolute atomic E-state index is 13.5. The number of piperazine rings is 1. The van der Waals surface area contributed by atoms with Gasteiger partial charge in [-0.3, -0.25) is 14.3 Å². The van der Waals surface area contributed by atoms with Gasteiger partial charge in [0.2, 0.25) is 15.9 Å². The molecule has 1 fully saturated rings. The topological polar surface area (TPSA) is 159 Å². The Hall–Kier alpha value is -2.56. The van der Waals surface area contributed by atoms with Crippen LogP contribution < -0.4 is 4.72 Å². The van der Waals surface area contributed by atoms with E-state index in [-0.39, 0.29) is 29.7 Å². The first-order valence-corrected chi connectivity index (χ1v) is 16.1. The number of amides is 2. The number of ether oxygens (including phenoxy) is 1. The number of benzene rings is 1. The lowest BCUT2D eigenvalue weighted by atomic mass is 10.1. The number of hydrogen-bond acceptors (Lipinski definition) is 9. The lowest BCUT2D eigenvalue weighted by Gasteiger charge is -2.40. The first-order chi connectivity index (χ1) is 17.9. The fourth-order valence-corrected chi connectivity index (χ4v) is 7.71. The summed E-state index contributed by atoms with van der Waals surface area (Å²) in [7, 11) is -7.88. The number of carbonyl (C=O) groups is 2. The van der Waals surface area contributed by atoms with Crippen LogP contribution in [0.5, 0.6) is 0 Å². The fraction of sp³-hybridized carbons (Fsp3) is 0.409. The zero-order chi connectivity index (χ0) is 27.2. The van der Waals surface area contributed by atoms with Gasteiger partial charge >= 0.3 is 0 Å². The summed E-state index contributed by atoms with van der Waals surface area (Å²) in [5, 5.41) is 1.24. The summed E-state index contributed by atoms with van der Waals surface area (Å²) < 4.78 is 58.7. The molecule has 0 spiro atoms. The lowest BCUT2D eigenvalue weighted by Crippen LogP contribution is -2.57. The summed E-state index contributed by atoms with van der Waals surface area (Å²) in [6, 6.07) is 5.50. The first kappa shape index (κ1) is 27.0. The normalized spacial score (nSPS) is 18.9. The van der Waals surface area contributed by atoms with Crippen molar-refractivity contribution in [2.45, 2.75) is 30.5 Å². The maximum Gasteiger partial charge on any atom is 0.283 e. The third-order valence-electron chi connectivity index (χ3n) is 6.28. The minimum absolute atomic E-state index is 0.0122. The minimum atomic E-state index is -4.04. The molecule has 4 heterocycles. The lowest BCUT2D eigenvalue weighted by molar-refractivity contribution is -0.120. The van der Waals surface area contributed by atoms with Gasteiger partial charge in [-0.1, -0.05) is 11.6 Å². The van der Waals surface area contributed by atoms with E-state index in [9.17, 15) is 26.4 Å². The van der Waals surface area contributed by atoms with Crippen molar-refractivity contribution >= 4 is 65.7 Å². The van der Waals surface area contributed by atoms with E-state index in [2.05, 4.69) is 9.97 Å². The van der Waals surface area contributed by atoms with Crippen LogP contribution in [0.1, 0.15) is 26.8 Å². The van der Waals surface area contributed by atoms with Crippen LogP contribution >= 0.6 is 22.9 Å². The Labute approximate surface area is 228 Å². The largest absolute Gasteiger partial charge is 0.375 e. The molecule has 0 radical (unpaired) electrons. The molecule has 38 heavy (non-hydrogen) atoms. The highest BCUT2D eigenvalue weighted by Crippen LogP contribution is 2.29. The molecule has 0 bridgehead atoms. The molecule has 0 saturated carbocycles. The first-order valence-electron chi connectivity index (χ1n) is 11.6. The van der Waals surface area contributed by atoms with Gasteiger partial charge in [-0.05, 0) is 24.3 Å². The van der Waals surface area contributed by atoms with Crippen molar-refractivity contribution in [3.8, 4) is 0 Å². The summed E-state index contributed by atoms with van der Waals surface area (Å²) in [6.07, 6.45) is 1.01. The van der Waals surface area contributed by atoms with Gasteiger partial charge in [0.1, 0.15) is 5.03 Å².